The number of rotatable bonds is 6. The van der Waals surface area contributed by atoms with Crippen LogP contribution in [0.2, 0.25) is 0 Å². The van der Waals surface area contributed by atoms with Crippen molar-refractivity contribution in [2.24, 2.45) is 5.16 Å². The second kappa shape index (κ2) is 7.71. The SMILES string of the molecule is C/C(=N\OCC(C)(C)O)c1cnc2nnn(Cc3cc4cccnc4cc3F)c2n1. The Labute approximate surface area is 171 Å². The van der Waals surface area contributed by atoms with E-state index >= 15 is 0 Å². The molecule has 154 valence electrons. The Balaban J connectivity index is 1.63. The lowest BCUT2D eigenvalue weighted by Crippen LogP contribution is -2.25. The van der Waals surface area contributed by atoms with Crippen molar-refractivity contribution in [2.75, 3.05) is 6.61 Å². The van der Waals surface area contributed by atoms with Gasteiger partial charge in [-0.15, -0.1) is 5.10 Å². The molecular weight excluding hydrogens is 389 g/mol. The number of nitrogens with zero attached hydrogens (tertiary/aromatic N) is 7. The first-order valence-corrected chi connectivity index (χ1v) is 9.29. The Morgan fingerprint density at radius 1 is 1.30 bits per heavy atom. The number of halogens is 1. The molecule has 0 saturated heterocycles. The number of pyridine rings is 1. The fourth-order valence-corrected chi connectivity index (χ4v) is 2.79. The van der Waals surface area contributed by atoms with Gasteiger partial charge in [0.25, 0.3) is 0 Å². The van der Waals surface area contributed by atoms with Crippen LogP contribution in [0.4, 0.5) is 4.39 Å². The van der Waals surface area contributed by atoms with Crippen molar-refractivity contribution in [3.63, 3.8) is 0 Å². The van der Waals surface area contributed by atoms with E-state index in [4.69, 9.17) is 4.84 Å². The van der Waals surface area contributed by atoms with Crippen LogP contribution in [0.25, 0.3) is 22.2 Å². The summed E-state index contributed by atoms with van der Waals surface area (Å²) in [5.74, 6) is -0.383. The molecule has 0 fully saturated rings. The number of aromatic nitrogens is 6. The maximum absolute atomic E-state index is 14.6. The summed E-state index contributed by atoms with van der Waals surface area (Å²) in [6.07, 6.45) is 3.13. The molecule has 0 unspecified atom stereocenters. The summed E-state index contributed by atoms with van der Waals surface area (Å²) in [6, 6.07) is 6.81. The molecule has 1 N–H and O–H groups in total. The first-order chi connectivity index (χ1) is 14.3. The van der Waals surface area contributed by atoms with Crippen molar-refractivity contribution < 1.29 is 14.3 Å². The molecule has 0 amide bonds. The number of benzene rings is 1. The Kier molecular flexibility index (Phi) is 5.08. The molecule has 0 radical (unpaired) electrons. The van der Waals surface area contributed by atoms with Gasteiger partial charge in [0.15, 0.2) is 5.65 Å². The molecule has 10 heteroatoms. The van der Waals surface area contributed by atoms with Crippen molar-refractivity contribution in [1.29, 1.82) is 0 Å². The van der Waals surface area contributed by atoms with Gasteiger partial charge in [0, 0.05) is 23.2 Å². The highest BCUT2D eigenvalue weighted by molar-refractivity contribution is 5.97. The fraction of sp³-hybridized carbons (Fsp3) is 0.300. The molecule has 3 heterocycles. The Morgan fingerprint density at radius 2 is 2.13 bits per heavy atom. The Hall–Kier alpha value is -3.53. The van der Waals surface area contributed by atoms with E-state index in [2.05, 4.69) is 30.4 Å². The molecule has 1 aromatic carbocycles. The normalized spacial score (nSPS) is 12.6. The number of oxime groups is 1. The van der Waals surface area contributed by atoms with Gasteiger partial charge in [-0.05, 0) is 32.9 Å². The van der Waals surface area contributed by atoms with Gasteiger partial charge in [0.2, 0.25) is 5.65 Å². The van der Waals surface area contributed by atoms with Gasteiger partial charge in [0.05, 0.1) is 23.9 Å². The van der Waals surface area contributed by atoms with Crippen LogP contribution in [0.3, 0.4) is 0 Å². The second-order valence-corrected chi connectivity index (χ2v) is 7.55. The van der Waals surface area contributed by atoms with E-state index in [1.165, 1.54) is 16.9 Å². The highest BCUT2D eigenvalue weighted by atomic mass is 19.1. The molecule has 0 bridgehead atoms. The largest absolute Gasteiger partial charge is 0.392 e. The van der Waals surface area contributed by atoms with E-state index in [1.54, 1.807) is 39.1 Å². The van der Waals surface area contributed by atoms with E-state index in [1.807, 2.05) is 6.07 Å². The third-order valence-corrected chi connectivity index (χ3v) is 4.31. The summed E-state index contributed by atoms with van der Waals surface area (Å²) < 4.78 is 16.0. The lowest BCUT2D eigenvalue weighted by molar-refractivity contribution is -0.0190. The maximum Gasteiger partial charge on any atom is 0.221 e. The summed E-state index contributed by atoms with van der Waals surface area (Å²) in [5, 5.41) is 22.6. The van der Waals surface area contributed by atoms with Crippen LogP contribution in [0.15, 0.2) is 41.8 Å². The van der Waals surface area contributed by atoms with E-state index in [-0.39, 0.29) is 19.0 Å². The number of hydrogen-bond donors (Lipinski definition) is 1. The molecule has 0 spiro atoms. The third kappa shape index (κ3) is 4.23. The van der Waals surface area contributed by atoms with Crippen LogP contribution in [0, 0.1) is 5.82 Å². The molecule has 3 aromatic heterocycles. The van der Waals surface area contributed by atoms with Crippen molar-refractivity contribution in [2.45, 2.75) is 32.9 Å². The van der Waals surface area contributed by atoms with Crippen molar-refractivity contribution >= 4 is 27.9 Å². The number of hydrogen-bond acceptors (Lipinski definition) is 8. The van der Waals surface area contributed by atoms with Crippen molar-refractivity contribution in [3.8, 4) is 0 Å². The molecule has 0 aliphatic carbocycles. The zero-order valence-electron chi connectivity index (χ0n) is 16.7. The van der Waals surface area contributed by atoms with Crippen LogP contribution in [0.5, 0.6) is 0 Å². The van der Waals surface area contributed by atoms with Gasteiger partial charge in [0.1, 0.15) is 23.8 Å². The highest BCUT2D eigenvalue weighted by Crippen LogP contribution is 2.19. The molecule has 4 rings (SSSR count). The van der Waals surface area contributed by atoms with Crippen LogP contribution in [-0.2, 0) is 11.4 Å². The Bertz CT molecular complexity index is 1250. The maximum atomic E-state index is 14.6. The quantitative estimate of drug-likeness (QED) is 0.385. The lowest BCUT2D eigenvalue weighted by atomic mass is 10.1. The molecular formula is C20H20FN7O2. The van der Waals surface area contributed by atoms with E-state index in [0.717, 1.165) is 5.39 Å². The number of aliphatic hydroxyl groups is 1. The molecule has 0 saturated carbocycles. The number of fused-ring (bicyclic) bond motifs is 2. The smallest absolute Gasteiger partial charge is 0.221 e. The van der Waals surface area contributed by atoms with Crippen LogP contribution in [0.1, 0.15) is 32.0 Å². The summed E-state index contributed by atoms with van der Waals surface area (Å²) in [6.45, 7) is 5.13. The van der Waals surface area contributed by atoms with Gasteiger partial charge >= 0.3 is 0 Å². The molecule has 30 heavy (non-hydrogen) atoms. The molecule has 4 aromatic rings. The molecule has 0 atom stereocenters. The predicted octanol–water partition coefficient (Wildman–Crippen LogP) is 2.47. The van der Waals surface area contributed by atoms with E-state index < -0.39 is 5.60 Å². The Morgan fingerprint density at radius 3 is 2.93 bits per heavy atom. The van der Waals surface area contributed by atoms with E-state index in [9.17, 15) is 9.50 Å². The van der Waals surface area contributed by atoms with Crippen molar-refractivity contribution in [3.05, 3.63) is 53.7 Å². The average molecular weight is 409 g/mol. The summed E-state index contributed by atoms with van der Waals surface area (Å²) >= 11 is 0. The first kappa shape index (κ1) is 19.8. The third-order valence-electron chi connectivity index (χ3n) is 4.31. The molecule has 0 aliphatic rings. The predicted molar refractivity (Wildman–Crippen MR) is 108 cm³/mol. The van der Waals surface area contributed by atoms with Crippen molar-refractivity contribution in [1.82, 2.24) is 29.9 Å². The fourth-order valence-electron chi connectivity index (χ4n) is 2.79. The monoisotopic (exact) mass is 409 g/mol. The van der Waals surface area contributed by atoms with Crippen LogP contribution >= 0.6 is 0 Å². The molecule has 0 aliphatic heterocycles. The first-order valence-electron chi connectivity index (χ1n) is 9.29. The van der Waals surface area contributed by atoms with Crippen LogP contribution < -0.4 is 0 Å². The summed E-state index contributed by atoms with van der Waals surface area (Å²) in [7, 11) is 0. The standard InChI is InChI=1S/C20H20FN7O2/c1-12(26-30-11-20(2,3)29)17-9-23-18-19(24-17)28(27-25-18)10-14-7-13-5-4-6-22-16(13)8-15(14)21/h4-9,29H,10-11H2,1-3H3/b26-12+. The zero-order valence-corrected chi connectivity index (χ0v) is 16.7. The van der Waals surface area contributed by atoms with Gasteiger partial charge in [-0.1, -0.05) is 16.4 Å². The molecule has 9 nitrogen and oxygen atoms in total. The van der Waals surface area contributed by atoms with Gasteiger partial charge in [-0.3, -0.25) is 4.98 Å². The average Bonchev–Trinajstić information content (AvgIpc) is 3.09. The highest BCUT2D eigenvalue weighted by Gasteiger charge is 2.15. The minimum Gasteiger partial charge on any atom is -0.392 e. The van der Waals surface area contributed by atoms with Gasteiger partial charge in [-0.2, -0.15) is 0 Å². The van der Waals surface area contributed by atoms with E-state index in [0.29, 0.717) is 33.8 Å². The van der Waals surface area contributed by atoms with Gasteiger partial charge in [-0.25, -0.2) is 19.0 Å². The topological polar surface area (TPSA) is 111 Å². The summed E-state index contributed by atoms with van der Waals surface area (Å²) in [4.78, 5) is 18.1. The second-order valence-electron chi connectivity index (χ2n) is 7.55. The zero-order chi connectivity index (χ0) is 21.3. The lowest BCUT2D eigenvalue weighted by Gasteiger charge is -2.14. The summed E-state index contributed by atoms with van der Waals surface area (Å²) in [5.41, 5.74) is 1.70. The van der Waals surface area contributed by atoms with Crippen LogP contribution in [-0.4, -0.2) is 53.0 Å². The van der Waals surface area contributed by atoms with Gasteiger partial charge < -0.3 is 9.94 Å². The minimum atomic E-state index is -0.999. The minimum absolute atomic E-state index is 0.0373.